The van der Waals surface area contributed by atoms with Gasteiger partial charge in [0.15, 0.2) is 0 Å². The summed E-state index contributed by atoms with van der Waals surface area (Å²) < 4.78 is 17.7. The van der Waals surface area contributed by atoms with Gasteiger partial charge in [-0.05, 0) is 25.1 Å². The molecule has 0 aliphatic carbocycles. The van der Waals surface area contributed by atoms with Crippen LogP contribution >= 0.6 is 11.6 Å². The zero-order chi connectivity index (χ0) is 12.6. The lowest BCUT2D eigenvalue weighted by molar-refractivity contribution is 0.0696. The van der Waals surface area contributed by atoms with Gasteiger partial charge in [-0.1, -0.05) is 16.8 Å². The van der Waals surface area contributed by atoms with Gasteiger partial charge in [0.2, 0.25) is 0 Å². The second-order valence-electron chi connectivity index (χ2n) is 3.39. The van der Waals surface area contributed by atoms with E-state index in [0.29, 0.717) is 5.56 Å². The molecular weight excluding hydrogens is 249 g/mol. The standard InChI is InChI=1S/C11H7ClFNO3/c1-5-9(11(15)16)10(14-17-5)7-3-2-6(13)4-8(7)12/h2-4H,1H3,(H,15,16). The van der Waals surface area contributed by atoms with Crippen LogP contribution in [0.2, 0.25) is 5.02 Å². The highest BCUT2D eigenvalue weighted by Gasteiger charge is 2.22. The molecule has 1 heterocycles. The molecule has 0 aliphatic rings. The topological polar surface area (TPSA) is 63.3 Å². The van der Waals surface area contributed by atoms with E-state index in [9.17, 15) is 9.18 Å². The molecule has 0 bridgehead atoms. The van der Waals surface area contributed by atoms with E-state index in [-0.39, 0.29) is 22.0 Å². The van der Waals surface area contributed by atoms with E-state index in [0.717, 1.165) is 6.07 Å². The predicted molar refractivity (Wildman–Crippen MR) is 58.6 cm³/mol. The Bertz CT molecular complexity index is 594. The van der Waals surface area contributed by atoms with Crippen LogP contribution in [-0.2, 0) is 0 Å². The molecule has 4 nitrogen and oxygen atoms in total. The van der Waals surface area contributed by atoms with Crippen LogP contribution in [0.1, 0.15) is 16.1 Å². The van der Waals surface area contributed by atoms with Crippen molar-refractivity contribution in [3.63, 3.8) is 0 Å². The first kappa shape index (κ1) is 11.6. The fourth-order valence-corrected chi connectivity index (χ4v) is 1.75. The van der Waals surface area contributed by atoms with Crippen molar-refractivity contribution in [2.45, 2.75) is 6.92 Å². The molecule has 1 N–H and O–H groups in total. The third-order valence-electron chi connectivity index (χ3n) is 2.26. The zero-order valence-corrected chi connectivity index (χ0v) is 9.45. The molecule has 17 heavy (non-hydrogen) atoms. The number of aryl methyl sites for hydroxylation is 1. The Balaban J connectivity index is 2.65. The SMILES string of the molecule is Cc1onc(-c2ccc(F)cc2Cl)c1C(=O)O. The largest absolute Gasteiger partial charge is 0.477 e. The van der Waals surface area contributed by atoms with Crippen molar-refractivity contribution in [3.8, 4) is 11.3 Å². The number of halogens is 2. The van der Waals surface area contributed by atoms with Crippen LogP contribution in [0.15, 0.2) is 22.7 Å². The summed E-state index contributed by atoms with van der Waals surface area (Å²) in [5, 5.41) is 12.7. The Morgan fingerprint density at radius 1 is 1.53 bits per heavy atom. The molecule has 2 aromatic rings. The maximum Gasteiger partial charge on any atom is 0.341 e. The van der Waals surface area contributed by atoms with Crippen LogP contribution in [-0.4, -0.2) is 16.2 Å². The minimum Gasteiger partial charge on any atom is -0.477 e. The summed E-state index contributed by atoms with van der Waals surface area (Å²) >= 11 is 5.84. The number of rotatable bonds is 2. The molecule has 88 valence electrons. The molecule has 0 atom stereocenters. The summed E-state index contributed by atoms with van der Waals surface area (Å²) in [7, 11) is 0. The van der Waals surface area contributed by atoms with Crippen molar-refractivity contribution in [2.75, 3.05) is 0 Å². The molecule has 0 saturated carbocycles. The number of benzene rings is 1. The van der Waals surface area contributed by atoms with Crippen LogP contribution in [0.4, 0.5) is 4.39 Å². The molecule has 1 aromatic heterocycles. The smallest absolute Gasteiger partial charge is 0.341 e. The van der Waals surface area contributed by atoms with Crippen molar-refractivity contribution in [1.29, 1.82) is 0 Å². The van der Waals surface area contributed by atoms with E-state index in [1.807, 2.05) is 0 Å². The normalized spacial score (nSPS) is 10.5. The molecular formula is C11H7ClFNO3. The van der Waals surface area contributed by atoms with Gasteiger partial charge in [-0.25, -0.2) is 9.18 Å². The van der Waals surface area contributed by atoms with Crippen molar-refractivity contribution < 1.29 is 18.8 Å². The second-order valence-corrected chi connectivity index (χ2v) is 3.80. The van der Waals surface area contributed by atoms with Gasteiger partial charge in [-0.15, -0.1) is 0 Å². The van der Waals surface area contributed by atoms with Gasteiger partial charge < -0.3 is 9.63 Å². The highest BCUT2D eigenvalue weighted by molar-refractivity contribution is 6.33. The first-order chi connectivity index (χ1) is 8.00. The predicted octanol–water partition coefficient (Wildman–Crippen LogP) is 3.14. The van der Waals surface area contributed by atoms with Crippen molar-refractivity contribution in [2.24, 2.45) is 0 Å². The lowest BCUT2D eigenvalue weighted by atomic mass is 10.1. The molecule has 0 saturated heterocycles. The molecule has 0 radical (unpaired) electrons. The molecule has 0 spiro atoms. The van der Waals surface area contributed by atoms with Gasteiger partial charge in [0.05, 0.1) is 5.02 Å². The number of carboxylic acids is 1. The number of hydrogen-bond donors (Lipinski definition) is 1. The minimum atomic E-state index is -1.17. The monoisotopic (exact) mass is 255 g/mol. The van der Waals surface area contributed by atoms with E-state index >= 15 is 0 Å². The summed E-state index contributed by atoms with van der Waals surface area (Å²) in [6.07, 6.45) is 0. The average Bonchev–Trinajstić information content (AvgIpc) is 2.60. The Morgan fingerprint density at radius 2 is 2.24 bits per heavy atom. The molecule has 0 fully saturated rings. The fourth-order valence-electron chi connectivity index (χ4n) is 1.49. The van der Waals surface area contributed by atoms with E-state index in [2.05, 4.69) is 5.16 Å². The number of nitrogens with zero attached hydrogens (tertiary/aromatic N) is 1. The van der Waals surface area contributed by atoms with Crippen molar-refractivity contribution in [1.82, 2.24) is 5.16 Å². The summed E-state index contributed by atoms with van der Waals surface area (Å²) in [5.74, 6) is -1.50. The van der Waals surface area contributed by atoms with Crippen molar-refractivity contribution >= 4 is 17.6 Å². The van der Waals surface area contributed by atoms with Crippen LogP contribution in [0.25, 0.3) is 11.3 Å². The number of aromatic carboxylic acids is 1. The molecule has 6 heteroatoms. The summed E-state index contributed by atoms with van der Waals surface area (Å²) in [6.45, 7) is 1.48. The van der Waals surface area contributed by atoms with E-state index < -0.39 is 11.8 Å². The van der Waals surface area contributed by atoms with Crippen LogP contribution < -0.4 is 0 Å². The highest BCUT2D eigenvalue weighted by atomic mass is 35.5. The quantitative estimate of drug-likeness (QED) is 0.895. The lowest BCUT2D eigenvalue weighted by Crippen LogP contribution is -1.99. The van der Waals surface area contributed by atoms with Gasteiger partial charge in [-0.2, -0.15) is 0 Å². The fraction of sp³-hybridized carbons (Fsp3) is 0.0909. The molecule has 0 aliphatic heterocycles. The molecule has 2 rings (SSSR count). The Kier molecular flexibility index (Phi) is 2.85. The molecule has 0 unspecified atom stereocenters. The summed E-state index contributed by atoms with van der Waals surface area (Å²) in [5.41, 5.74) is 0.348. The van der Waals surface area contributed by atoms with Crippen LogP contribution in [0.3, 0.4) is 0 Å². The van der Waals surface area contributed by atoms with E-state index in [4.69, 9.17) is 21.2 Å². The van der Waals surface area contributed by atoms with Crippen molar-refractivity contribution in [3.05, 3.63) is 40.4 Å². The first-order valence-corrected chi connectivity index (χ1v) is 5.03. The average molecular weight is 256 g/mol. The lowest BCUT2D eigenvalue weighted by Gasteiger charge is -2.01. The highest BCUT2D eigenvalue weighted by Crippen LogP contribution is 2.31. The van der Waals surface area contributed by atoms with Gasteiger partial charge in [0, 0.05) is 5.56 Å². The summed E-state index contributed by atoms with van der Waals surface area (Å²) in [4.78, 5) is 11.0. The van der Waals surface area contributed by atoms with Gasteiger partial charge in [-0.3, -0.25) is 0 Å². The second kappa shape index (κ2) is 4.18. The molecule has 0 amide bonds. The number of carboxylic acid groups (broad SMARTS) is 1. The Labute approximate surface area is 101 Å². The van der Waals surface area contributed by atoms with E-state index in [1.165, 1.54) is 19.1 Å². The maximum absolute atomic E-state index is 12.9. The van der Waals surface area contributed by atoms with Gasteiger partial charge >= 0.3 is 5.97 Å². The zero-order valence-electron chi connectivity index (χ0n) is 8.70. The minimum absolute atomic E-state index is 0.0708. The van der Waals surface area contributed by atoms with Crippen LogP contribution in [0, 0.1) is 12.7 Å². The Morgan fingerprint density at radius 3 is 2.82 bits per heavy atom. The third-order valence-corrected chi connectivity index (χ3v) is 2.58. The van der Waals surface area contributed by atoms with E-state index in [1.54, 1.807) is 0 Å². The number of hydrogen-bond acceptors (Lipinski definition) is 3. The maximum atomic E-state index is 12.9. The van der Waals surface area contributed by atoms with Gasteiger partial charge in [0.1, 0.15) is 22.8 Å². The molecule has 1 aromatic carbocycles. The number of carbonyl (C=O) groups is 1. The number of aromatic nitrogens is 1. The van der Waals surface area contributed by atoms with Gasteiger partial charge in [0.25, 0.3) is 0 Å². The first-order valence-electron chi connectivity index (χ1n) is 4.65. The summed E-state index contributed by atoms with van der Waals surface area (Å²) in [6, 6.07) is 3.63. The third kappa shape index (κ3) is 2.01. The van der Waals surface area contributed by atoms with Crippen LogP contribution in [0.5, 0.6) is 0 Å². The Hall–Kier alpha value is -1.88.